The molecule has 4 rings (SSSR count). The van der Waals surface area contributed by atoms with E-state index in [0.717, 1.165) is 16.2 Å². The second kappa shape index (κ2) is 6.28. The van der Waals surface area contributed by atoms with E-state index in [9.17, 15) is 24.6 Å². The quantitative estimate of drug-likeness (QED) is 0.666. The van der Waals surface area contributed by atoms with Gasteiger partial charge < -0.3 is 15.5 Å². The molecule has 3 N–H and O–H groups in total. The lowest BCUT2D eigenvalue weighted by molar-refractivity contribution is -0.138. The van der Waals surface area contributed by atoms with Crippen molar-refractivity contribution < 1.29 is 24.6 Å². The minimum atomic E-state index is -1.41. The second-order valence-corrected chi connectivity index (χ2v) is 8.49. The number of carboxylic acid groups (broad SMARTS) is 1. The van der Waals surface area contributed by atoms with Crippen LogP contribution in [0.15, 0.2) is 46.9 Å². The van der Waals surface area contributed by atoms with Crippen molar-refractivity contribution in [1.82, 2.24) is 0 Å². The molecule has 1 spiro atoms. The smallest absolute Gasteiger partial charge is 0.305 e. The van der Waals surface area contributed by atoms with Crippen LogP contribution in [-0.4, -0.2) is 33.2 Å². The Balaban J connectivity index is 1.92. The van der Waals surface area contributed by atoms with Crippen molar-refractivity contribution in [3.05, 3.63) is 52.5 Å². The number of amides is 2. The first kappa shape index (κ1) is 17.9. The summed E-state index contributed by atoms with van der Waals surface area (Å²) in [5.74, 6) is -1.96. The van der Waals surface area contributed by atoms with Gasteiger partial charge in [0.2, 0.25) is 10.8 Å². The average molecular weight is 449 g/mol. The number of aromatic hydroxyl groups is 1. The molecule has 0 unspecified atom stereocenters. The summed E-state index contributed by atoms with van der Waals surface area (Å²) in [6.45, 7) is 0. The largest absolute Gasteiger partial charge is 0.508 e. The monoisotopic (exact) mass is 448 g/mol. The van der Waals surface area contributed by atoms with Crippen molar-refractivity contribution in [2.24, 2.45) is 0 Å². The number of halogens is 1. The number of phenolic OH excluding ortho intramolecular Hbond substituents is 1. The van der Waals surface area contributed by atoms with Gasteiger partial charge in [0.05, 0.1) is 11.7 Å². The molecule has 2 heterocycles. The topological polar surface area (TPSA) is 107 Å². The summed E-state index contributed by atoms with van der Waals surface area (Å²) < 4.78 is 0.734. The Bertz CT molecular complexity index is 980. The molecule has 0 bridgehead atoms. The molecule has 2 aliphatic heterocycles. The molecule has 2 aromatic carbocycles. The first-order chi connectivity index (χ1) is 12.8. The molecule has 7 nitrogen and oxygen atoms in total. The van der Waals surface area contributed by atoms with Gasteiger partial charge in [-0.1, -0.05) is 15.9 Å². The molecule has 1 saturated heterocycles. The van der Waals surface area contributed by atoms with Gasteiger partial charge in [0, 0.05) is 21.4 Å². The van der Waals surface area contributed by atoms with Gasteiger partial charge in [-0.15, -0.1) is 11.8 Å². The van der Waals surface area contributed by atoms with Gasteiger partial charge in [-0.2, -0.15) is 0 Å². The fourth-order valence-electron chi connectivity index (χ4n) is 3.38. The van der Waals surface area contributed by atoms with Gasteiger partial charge in [-0.05, 0) is 42.5 Å². The molecule has 0 saturated carbocycles. The highest BCUT2D eigenvalue weighted by molar-refractivity contribution is 9.10. The molecule has 138 valence electrons. The van der Waals surface area contributed by atoms with Crippen LogP contribution in [0.3, 0.4) is 0 Å². The maximum atomic E-state index is 13.1. The number of carbonyl (C=O) groups excluding carboxylic acids is 2. The average Bonchev–Trinajstić information content (AvgIpc) is 3.04. The number of rotatable bonds is 3. The van der Waals surface area contributed by atoms with Crippen molar-refractivity contribution in [3.8, 4) is 5.75 Å². The van der Waals surface area contributed by atoms with Crippen LogP contribution in [0.25, 0.3) is 0 Å². The maximum Gasteiger partial charge on any atom is 0.305 e. The van der Waals surface area contributed by atoms with Gasteiger partial charge in [-0.25, -0.2) is 0 Å². The van der Waals surface area contributed by atoms with E-state index in [1.54, 1.807) is 18.2 Å². The van der Waals surface area contributed by atoms with E-state index >= 15 is 0 Å². The lowest BCUT2D eigenvalue weighted by atomic mass is 10.0. The van der Waals surface area contributed by atoms with Crippen LogP contribution in [-0.2, 0) is 19.3 Å². The number of carboxylic acids is 1. The maximum absolute atomic E-state index is 13.1. The summed E-state index contributed by atoms with van der Waals surface area (Å²) in [6.07, 6.45) is -0.392. The SMILES string of the molecule is O=C(O)C[C@H]1S[C@]2(C(=O)Nc3ccc(Br)cc32)N(c2ccc(O)cc2)C1=O. The first-order valence-electron chi connectivity index (χ1n) is 7.97. The number of fused-ring (bicyclic) bond motifs is 2. The minimum absolute atomic E-state index is 0.0215. The normalized spacial score (nSPS) is 23.6. The van der Waals surface area contributed by atoms with Crippen LogP contribution in [0.4, 0.5) is 11.4 Å². The highest BCUT2D eigenvalue weighted by atomic mass is 79.9. The van der Waals surface area contributed by atoms with E-state index in [4.69, 9.17) is 0 Å². The minimum Gasteiger partial charge on any atom is -0.508 e. The van der Waals surface area contributed by atoms with E-state index in [1.165, 1.54) is 29.2 Å². The predicted molar refractivity (Wildman–Crippen MR) is 104 cm³/mol. The summed E-state index contributed by atoms with van der Waals surface area (Å²) in [5.41, 5.74) is 1.56. The lowest BCUT2D eigenvalue weighted by Gasteiger charge is -2.32. The molecule has 2 atom stereocenters. The zero-order valence-electron chi connectivity index (χ0n) is 13.7. The molecule has 0 aliphatic carbocycles. The number of nitrogens with one attached hydrogen (secondary N) is 1. The standard InChI is InChI=1S/C18H13BrN2O5S/c19-9-1-6-13-12(7-9)18(17(26)20-13)21(10-2-4-11(22)5-3-10)16(25)14(27-18)8-15(23)24/h1-7,14,22H,8H2,(H,20,26)(H,23,24)/t14-,18-/m1/s1. The van der Waals surface area contributed by atoms with Crippen LogP contribution in [0.5, 0.6) is 5.75 Å². The second-order valence-electron chi connectivity index (χ2n) is 6.18. The Hall–Kier alpha value is -2.52. The van der Waals surface area contributed by atoms with Crippen LogP contribution in [0, 0.1) is 0 Å². The number of anilines is 2. The Morgan fingerprint density at radius 2 is 1.93 bits per heavy atom. The van der Waals surface area contributed by atoms with Gasteiger partial charge in [0.1, 0.15) is 5.75 Å². The highest BCUT2D eigenvalue weighted by Gasteiger charge is 2.62. The molecule has 0 aromatic heterocycles. The summed E-state index contributed by atoms with van der Waals surface area (Å²) in [4.78, 5) is 37.3. The fraction of sp³-hybridized carbons (Fsp3) is 0.167. The molecular weight excluding hydrogens is 436 g/mol. The summed E-state index contributed by atoms with van der Waals surface area (Å²) in [5, 5.41) is 20.6. The van der Waals surface area contributed by atoms with E-state index < -0.39 is 34.3 Å². The number of aliphatic carboxylic acids is 1. The fourth-order valence-corrected chi connectivity index (χ4v) is 5.34. The van der Waals surface area contributed by atoms with Crippen molar-refractivity contribution in [3.63, 3.8) is 0 Å². The molecule has 9 heteroatoms. The molecule has 2 aromatic rings. The molecule has 1 fully saturated rings. The van der Waals surface area contributed by atoms with Crippen molar-refractivity contribution >= 4 is 56.9 Å². The molecule has 27 heavy (non-hydrogen) atoms. The third-order valence-electron chi connectivity index (χ3n) is 4.49. The summed E-state index contributed by atoms with van der Waals surface area (Å²) >= 11 is 4.42. The van der Waals surface area contributed by atoms with Crippen LogP contribution in [0.1, 0.15) is 12.0 Å². The molecular formula is C18H13BrN2O5S. The number of hydrogen-bond acceptors (Lipinski definition) is 5. The van der Waals surface area contributed by atoms with Crippen LogP contribution < -0.4 is 10.2 Å². The van der Waals surface area contributed by atoms with Gasteiger partial charge in [-0.3, -0.25) is 19.3 Å². The Morgan fingerprint density at radius 1 is 1.22 bits per heavy atom. The molecule has 0 radical (unpaired) electrons. The van der Waals surface area contributed by atoms with E-state index in [-0.39, 0.29) is 5.75 Å². The zero-order valence-corrected chi connectivity index (χ0v) is 16.1. The number of thioether (sulfide) groups is 1. The van der Waals surface area contributed by atoms with Crippen molar-refractivity contribution in [2.75, 3.05) is 10.2 Å². The Labute approximate surface area is 166 Å². The molecule has 2 amide bonds. The first-order valence-corrected chi connectivity index (χ1v) is 9.64. The van der Waals surface area contributed by atoms with Crippen LogP contribution in [0.2, 0.25) is 0 Å². The number of hydrogen-bond donors (Lipinski definition) is 3. The van der Waals surface area contributed by atoms with E-state index in [1.807, 2.05) is 0 Å². The van der Waals surface area contributed by atoms with Crippen LogP contribution >= 0.6 is 27.7 Å². The lowest BCUT2D eigenvalue weighted by Crippen LogP contribution is -2.47. The number of phenols is 1. The highest BCUT2D eigenvalue weighted by Crippen LogP contribution is 2.57. The summed E-state index contributed by atoms with van der Waals surface area (Å²) in [6, 6.07) is 11.2. The van der Waals surface area contributed by atoms with Crippen molar-refractivity contribution in [2.45, 2.75) is 16.5 Å². The van der Waals surface area contributed by atoms with Crippen molar-refractivity contribution in [1.29, 1.82) is 0 Å². The van der Waals surface area contributed by atoms with Gasteiger partial charge >= 0.3 is 5.97 Å². The zero-order chi connectivity index (χ0) is 19.3. The number of benzene rings is 2. The van der Waals surface area contributed by atoms with E-state index in [0.29, 0.717) is 16.9 Å². The van der Waals surface area contributed by atoms with Gasteiger partial charge in [0.15, 0.2) is 0 Å². The Kier molecular flexibility index (Phi) is 4.15. The summed E-state index contributed by atoms with van der Waals surface area (Å²) in [7, 11) is 0. The third-order valence-corrected chi connectivity index (χ3v) is 6.57. The van der Waals surface area contributed by atoms with Gasteiger partial charge in [0.25, 0.3) is 5.91 Å². The number of carbonyl (C=O) groups is 3. The van der Waals surface area contributed by atoms with E-state index in [2.05, 4.69) is 21.2 Å². The molecule has 2 aliphatic rings. The Morgan fingerprint density at radius 3 is 2.59 bits per heavy atom. The predicted octanol–water partition coefficient (Wildman–Crippen LogP) is 2.88. The number of nitrogens with zero attached hydrogens (tertiary/aromatic N) is 1. The third kappa shape index (κ3) is 2.69.